The Bertz CT molecular complexity index is 656. The second kappa shape index (κ2) is 6.50. The minimum atomic E-state index is -3.94. The van der Waals surface area contributed by atoms with Gasteiger partial charge in [0.25, 0.3) is 0 Å². The van der Waals surface area contributed by atoms with Gasteiger partial charge in [-0.3, -0.25) is 0 Å². The fourth-order valence-corrected chi connectivity index (χ4v) is 3.98. The Morgan fingerprint density at radius 2 is 2.14 bits per heavy atom. The number of ether oxygens (including phenoxy) is 1. The van der Waals surface area contributed by atoms with Gasteiger partial charge in [-0.1, -0.05) is 23.2 Å². The molecule has 1 atom stereocenters. The highest BCUT2D eigenvalue weighted by Gasteiger charge is 2.25. The van der Waals surface area contributed by atoms with Crippen molar-refractivity contribution in [3.8, 4) is 0 Å². The lowest BCUT2D eigenvalue weighted by molar-refractivity contribution is 0.0697. The van der Waals surface area contributed by atoms with Crippen LogP contribution in [-0.4, -0.2) is 39.3 Å². The van der Waals surface area contributed by atoms with E-state index in [9.17, 15) is 13.2 Å². The zero-order valence-corrected chi connectivity index (χ0v) is 13.1. The molecule has 0 saturated carbocycles. The lowest BCUT2D eigenvalue weighted by atomic mass is 10.1. The molecule has 0 radical (unpaired) electrons. The Kier molecular flexibility index (Phi) is 5.11. The summed E-state index contributed by atoms with van der Waals surface area (Å²) in [4.78, 5) is 10.7. The molecule has 6 nitrogen and oxygen atoms in total. The highest BCUT2D eigenvalue weighted by atomic mass is 35.5. The second-order valence-electron chi connectivity index (χ2n) is 4.65. The minimum absolute atomic E-state index is 0.0126. The van der Waals surface area contributed by atoms with E-state index in [0.29, 0.717) is 13.2 Å². The Morgan fingerprint density at radius 3 is 2.71 bits per heavy atom. The lowest BCUT2D eigenvalue weighted by Gasteiger charge is -2.12. The van der Waals surface area contributed by atoms with Gasteiger partial charge < -0.3 is 9.84 Å². The fraction of sp³-hybridized carbons (Fsp3) is 0.417. The molecule has 1 fully saturated rings. The Labute approximate surface area is 132 Å². The first kappa shape index (κ1) is 16.5. The molecule has 1 unspecified atom stereocenters. The van der Waals surface area contributed by atoms with Crippen molar-refractivity contribution in [3.63, 3.8) is 0 Å². The maximum absolute atomic E-state index is 12.2. The molecule has 0 bridgehead atoms. The first-order valence-electron chi connectivity index (χ1n) is 6.11. The summed E-state index contributed by atoms with van der Waals surface area (Å²) in [6, 6.07) is 2.24. The number of sulfonamides is 1. The number of aromatic carboxylic acids is 1. The molecule has 21 heavy (non-hydrogen) atoms. The van der Waals surface area contributed by atoms with Crippen molar-refractivity contribution < 1.29 is 23.1 Å². The predicted octanol–water partition coefficient (Wildman–Crippen LogP) is 2.01. The number of hydrogen-bond acceptors (Lipinski definition) is 4. The number of carbonyl (C=O) groups is 1. The standard InChI is InChI=1S/C12H13Cl2NO5S/c13-8-3-9(12(16)17)11(14)10(4-8)21(18,19)15-5-7-1-2-20-6-7/h3-4,7,15H,1-2,5-6H2,(H,16,17). The summed E-state index contributed by atoms with van der Waals surface area (Å²) in [5.74, 6) is -1.25. The number of carboxylic acid groups (broad SMARTS) is 1. The van der Waals surface area contributed by atoms with E-state index >= 15 is 0 Å². The quantitative estimate of drug-likeness (QED) is 0.844. The third kappa shape index (κ3) is 3.87. The highest BCUT2D eigenvalue weighted by Crippen LogP contribution is 2.29. The van der Waals surface area contributed by atoms with Gasteiger partial charge in [0.1, 0.15) is 4.90 Å². The number of halogens is 2. The van der Waals surface area contributed by atoms with Crippen molar-refractivity contribution in [2.45, 2.75) is 11.3 Å². The SMILES string of the molecule is O=C(O)c1cc(Cl)cc(S(=O)(=O)NCC2CCOC2)c1Cl. The number of nitrogens with one attached hydrogen (secondary N) is 1. The summed E-state index contributed by atoms with van der Waals surface area (Å²) in [6.07, 6.45) is 0.770. The molecule has 1 aliphatic rings. The van der Waals surface area contributed by atoms with E-state index in [-0.39, 0.29) is 33.0 Å². The van der Waals surface area contributed by atoms with E-state index in [4.69, 9.17) is 33.0 Å². The van der Waals surface area contributed by atoms with E-state index < -0.39 is 16.0 Å². The Hall–Kier alpha value is -0.860. The van der Waals surface area contributed by atoms with Crippen molar-refractivity contribution in [3.05, 3.63) is 27.7 Å². The molecule has 1 aliphatic heterocycles. The van der Waals surface area contributed by atoms with Gasteiger partial charge in [0, 0.05) is 18.2 Å². The van der Waals surface area contributed by atoms with E-state index in [2.05, 4.69) is 4.72 Å². The highest BCUT2D eigenvalue weighted by molar-refractivity contribution is 7.89. The van der Waals surface area contributed by atoms with Crippen LogP contribution in [0.15, 0.2) is 17.0 Å². The van der Waals surface area contributed by atoms with E-state index in [1.165, 1.54) is 0 Å². The number of hydrogen-bond donors (Lipinski definition) is 2. The number of benzene rings is 1. The number of rotatable bonds is 5. The van der Waals surface area contributed by atoms with Crippen LogP contribution >= 0.6 is 23.2 Å². The molecule has 1 aromatic rings. The zero-order valence-electron chi connectivity index (χ0n) is 10.8. The predicted molar refractivity (Wildman–Crippen MR) is 77.5 cm³/mol. The zero-order chi connectivity index (χ0) is 15.6. The van der Waals surface area contributed by atoms with Gasteiger partial charge in [-0.05, 0) is 24.5 Å². The van der Waals surface area contributed by atoms with Gasteiger partial charge >= 0.3 is 5.97 Å². The van der Waals surface area contributed by atoms with Gasteiger partial charge in [-0.25, -0.2) is 17.9 Å². The monoisotopic (exact) mass is 353 g/mol. The molecule has 2 N–H and O–H groups in total. The van der Waals surface area contributed by atoms with Crippen LogP contribution in [0.1, 0.15) is 16.8 Å². The van der Waals surface area contributed by atoms with Crippen molar-refractivity contribution in [1.82, 2.24) is 4.72 Å². The summed E-state index contributed by atoms with van der Waals surface area (Å²) in [5.41, 5.74) is -0.353. The van der Waals surface area contributed by atoms with Crippen molar-refractivity contribution in [1.29, 1.82) is 0 Å². The van der Waals surface area contributed by atoms with Crippen LogP contribution < -0.4 is 4.72 Å². The van der Waals surface area contributed by atoms with Crippen LogP contribution in [0.2, 0.25) is 10.0 Å². The first-order chi connectivity index (χ1) is 9.81. The van der Waals surface area contributed by atoms with E-state index in [0.717, 1.165) is 18.6 Å². The summed E-state index contributed by atoms with van der Waals surface area (Å²) in [5, 5.41) is 8.64. The molecule has 0 aromatic heterocycles. The van der Waals surface area contributed by atoms with Crippen LogP contribution in [0.3, 0.4) is 0 Å². The second-order valence-corrected chi connectivity index (χ2v) is 7.20. The van der Waals surface area contributed by atoms with E-state index in [1.54, 1.807) is 0 Å². The van der Waals surface area contributed by atoms with Gasteiger partial charge in [-0.15, -0.1) is 0 Å². The summed E-state index contributed by atoms with van der Waals surface area (Å²) < 4.78 is 32.1. The maximum Gasteiger partial charge on any atom is 0.337 e. The van der Waals surface area contributed by atoms with Crippen LogP contribution in [0.5, 0.6) is 0 Å². The van der Waals surface area contributed by atoms with Crippen LogP contribution in [0.4, 0.5) is 0 Å². The van der Waals surface area contributed by atoms with Gasteiger partial charge in [0.2, 0.25) is 10.0 Å². The van der Waals surface area contributed by atoms with Gasteiger partial charge in [-0.2, -0.15) is 0 Å². The summed E-state index contributed by atoms with van der Waals surface area (Å²) in [6.45, 7) is 1.30. The van der Waals surface area contributed by atoms with E-state index in [1.807, 2.05) is 0 Å². The molecule has 1 heterocycles. The van der Waals surface area contributed by atoms with Crippen LogP contribution in [0, 0.1) is 5.92 Å². The van der Waals surface area contributed by atoms with Gasteiger partial charge in [0.15, 0.2) is 0 Å². The molecule has 116 valence electrons. The molecular formula is C12H13Cl2NO5S. The molecule has 9 heteroatoms. The molecule has 1 saturated heterocycles. The maximum atomic E-state index is 12.2. The fourth-order valence-electron chi connectivity index (χ4n) is 1.97. The average molecular weight is 354 g/mol. The first-order valence-corrected chi connectivity index (χ1v) is 8.35. The molecular weight excluding hydrogens is 341 g/mol. The van der Waals surface area contributed by atoms with Crippen molar-refractivity contribution >= 4 is 39.2 Å². The third-order valence-corrected chi connectivity index (χ3v) is 5.30. The Morgan fingerprint density at radius 1 is 1.43 bits per heavy atom. The van der Waals surface area contributed by atoms with Gasteiger partial charge in [0.05, 0.1) is 17.2 Å². The minimum Gasteiger partial charge on any atom is -0.478 e. The van der Waals surface area contributed by atoms with Crippen molar-refractivity contribution in [2.75, 3.05) is 19.8 Å². The van der Waals surface area contributed by atoms with Crippen LogP contribution in [0.25, 0.3) is 0 Å². The smallest absolute Gasteiger partial charge is 0.337 e. The Balaban J connectivity index is 2.28. The average Bonchev–Trinajstić information content (AvgIpc) is 2.91. The van der Waals surface area contributed by atoms with Crippen molar-refractivity contribution in [2.24, 2.45) is 5.92 Å². The molecule has 1 aromatic carbocycles. The normalized spacial score (nSPS) is 18.9. The number of carboxylic acids is 1. The lowest BCUT2D eigenvalue weighted by Crippen LogP contribution is -2.30. The molecule has 0 spiro atoms. The van der Waals surface area contributed by atoms with Crippen LogP contribution in [-0.2, 0) is 14.8 Å². The molecule has 0 aliphatic carbocycles. The molecule has 2 rings (SSSR count). The topological polar surface area (TPSA) is 92.7 Å². The summed E-state index contributed by atoms with van der Waals surface area (Å²) in [7, 11) is -3.94. The molecule has 0 amide bonds. The third-order valence-electron chi connectivity index (χ3n) is 3.11. The summed E-state index contributed by atoms with van der Waals surface area (Å²) >= 11 is 11.6. The largest absolute Gasteiger partial charge is 0.478 e.